The van der Waals surface area contributed by atoms with Crippen LogP contribution >= 0.6 is 0 Å². The van der Waals surface area contributed by atoms with Crippen molar-refractivity contribution in [2.45, 2.75) is 0 Å². The summed E-state index contributed by atoms with van der Waals surface area (Å²) in [6, 6.07) is 48.9. The average molecular weight is 645 g/mol. The fourth-order valence-corrected chi connectivity index (χ4v) is 7.41. The Hall–Kier alpha value is -6.92. The molecule has 2 N–H and O–H groups in total. The molecule has 0 spiro atoms. The first-order valence-electron chi connectivity index (χ1n) is 16.5. The lowest BCUT2D eigenvalue weighted by molar-refractivity contribution is 0.669. The van der Waals surface area contributed by atoms with E-state index < -0.39 is 0 Å². The second kappa shape index (κ2) is 10.8. The highest BCUT2D eigenvalue weighted by Crippen LogP contribution is 2.37. The topological polar surface area (TPSA) is 82.0 Å². The molecular formula is C44H28N4O2. The van der Waals surface area contributed by atoms with Crippen molar-refractivity contribution in [3.8, 4) is 0 Å². The molecule has 10 rings (SSSR count). The third-order valence-electron chi connectivity index (χ3n) is 9.63. The van der Waals surface area contributed by atoms with Gasteiger partial charge in [-0.1, -0.05) is 116 Å². The van der Waals surface area contributed by atoms with Gasteiger partial charge < -0.3 is 14.6 Å². The third kappa shape index (κ3) is 4.15. The van der Waals surface area contributed by atoms with E-state index in [1.807, 2.05) is 95.6 Å². The summed E-state index contributed by atoms with van der Waals surface area (Å²) in [6.45, 7) is 4.49. The van der Waals surface area contributed by atoms with Crippen LogP contribution in [-0.4, -0.2) is 16.4 Å². The van der Waals surface area contributed by atoms with Crippen LogP contribution in [-0.2, 0) is 0 Å². The molecule has 50 heavy (non-hydrogen) atoms. The predicted molar refractivity (Wildman–Crippen MR) is 207 cm³/mol. The summed E-state index contributed by atoms with van der Waals surface area (Å²) in [5.41, 5.74) is 14.4. The predicted octanol–water partition coefficient (Wildman–Crippen LogP) is 11.0. The van der Waals surface area contributed by atoms with E-state index in [1.54, 1.807) is 0 Å². The second-order valence-electron chi connectivity index (χ2n) is 12.4. The van der Waals surface area contributed by atoms with E-state index in [2.05, 4.69) is 61.2 Å². The molecule has 0 aliphatic carbocycles. The lowest BCUT2D eigenvalue weighted by atomic mass is 10.0. The van der Waals surface area contributed by atoms with Crippen LogP contribution in [0.4, 0.5) is 0 Å². The Balaban J connectivity index is 1.24. The van der Waals surface area contributed by atoms with E-state index in [1.165, 1.54) is 0 Å². The zero-order valence-electron chi connectivity index (χ0n) is 26.8. The first kappa shape index (κ1) is 28.1. The van der Waals surface area contributed by atoms with Gasteiger partial charge in [0.1, 0.15) is 22.3 Å². The van der Waals surface area contributed by atoms with Crippen molar-refractivity contribution in [2.24, 2.45) is 15.7 Å². The van der Waals surface area contributed by atoms with Crippen molar-refractivity contribution in [3.05, 3.63) is 163 Å². The smallest absolute Gasteiger partial charge is 0.207 e. The normalized spacial score (nSPS) is 12.8. The van der Waals surface area contributed by atoms with Crippen LogP contribution in [0.5, 0.6) is 0 Å². The number of aliphatic imine (C=N–C) groups is 2. The van der Waals surface area contributed by atoms with Crippen LogP contribution in [0, 0.1) is 0 Å². The van der Waals surface area contributed by atoms with Crippen LogP contribution < -0.4 is 5.73 Å². The molecule has 0 saturated heterocycles. The highest BCUT2D eigenvalue weighted by atomic mass is 16.3. The quantitative estimate of drug-likeness (QED) is 0.153. The van der Waals surface area contributed by atoms with Crippen molar-refractivity contribution in [1.29, 1.82) is 0 Å². The number of fused-ring (bicyclic) bond motifs is 11. The SMILES string of the molecule is C=C(/N=C(\N=C(/N)n1c2ccccc2c2ccccc21)c1cccc2c1ccc1c3ccccc3oc21)c1cccc2oc3ccccc3c12. The van der Waals surface area contributed by atoms with Crippen LogP contribution in [0.25, 0.3) is 82.2 Å². The van der Waals surface area contributed by atoms with Gasteiger partial charge in [-0.3, -0.25) is 4.57 Å². The Bertz CT molecular complexity index is 3030. The molecule has 6 heteroatoms. The molecule has 7 aromatic carbocycles. The van der Waals surface area contributed by atoms with Crippen LogP contribution in [0.2, 0.25) is 0 Å². The summed E-state index contributed by atoms with van der Waals surface area (Å²) in [7, 11) is 0. The molecule has 3 heterocycles. The zero-order valence-corrected chi connectivity index (χ0v) is 26.8. The van der Waals surface area contributed by atoms with Gasteiger partial charge in [-0.25, -0.2) is 4.99 Å². The van der Waals surface area contributed by atoms with Crippen LogP contribution in [0.15, 0.2) is 171 Å². The molecule has 0 atom stereocenters. The van der Waals surface area contributed by atoms with Crippen molar-refractivity contribution in [1.82, 2.24) is 4.57 Å². The molecule has 0 bridgehead atoms. The number of hydrogen-bond donors (Lipinski definition) is 1. The van der Waals surface area contributed by atoms with Gasteiger partial charge in [-0.05, 0) is 41.8 Å². The number of rotatable bonds is 3. The van der Waals surface area contributed by atoms with Crippen molar-refractivity contribution < 1.29 is 8.83 Å². The van der Waals surface area contributed by atoms with Gasteiger partial charge in [0.25, 0.3) is 0 Å². The lowest BCUT2D eigenvalue weighted by Gasteiger charge is -2.12. The minimum absolute atomic E-state index is 0.294. The molecule has 0 radical (unpaired) electrons. The molecule has 0 aliphatic heterocycles. The summed E-state index contributed by atoms with van der Waals surface area (Å²) in [6.07, 6.45) is 0. The van der Waals surface area contributed by atoms with E-state index in [-0.39, 0.29) is 0 Å². The fourth-order valence-electron chi connectivity index (χ4n) is 7.41. The maximum absolute atomic E-state index is 7.03. The Morgan fingerprint density at radius 1 is 0.480 bits per heavy atom. The summed E-state index contributed by atoms with van der Waals surface area (Å²) in [5.74, 6) is 0.725. The van der Waals surface area contributed by atoms with Crippen LogP contribution in [0.3, 0.4) is 0 Å². The molecule has 0 saturated carbocycles. The van der Waals surface area contributed by atoms with Gasteiger partial charge in [0.15, 0.2) is 5.84 Å². The monoisotopic (exact) mass is 644 g/mol. The molecule has 0 fully saturated rings. The Morgan fingerprint density at radius 3 is 1.78 bits per heavy atom. The molecule has 6 nitrogen and oxygen atoms in total. The van der Waals surface area contributed by atoms with Gasteiger partial charge in [-0.2, -0.15) is 4.99 Å². The number of nitrogens with two attached hydrogens (primary N) is 1. The maximum Gasteiger partial charge on any atom is 0.207 e. The van der Waals surface area contributed by atoms with E-state index >= 15 is 0 Å². The molecule has 0 aliphatic rings. The lowest BCUT2D eigenvalue weighted by Crippen LogP contribution is -2.24. The zero-order chi connectivity index (χ0) is 33.3. The van der Waals surface area contributed by atoms with E-state index in [0.29, 0.717) is 17.5 Å². The van der Waals surface area contributed by atoms with E-state index in [0.717, 1.165) is 87.6 Å². The number of benzene rings is 7. The van der Waals surface area contributed by atoms with Crippen molar-refractivity contribution in [3.63, 3.8) is 0 Å². The second-order valence-corrected chi connectivity index (χ2v) is 12.4. The Kier molecular flexibility index (Phi) is 6.08. The van der Waals surface area contributed by atoms with Crippen molar-refractivity contribution >= 4 is 93.9 Å². The summed E-state index contributed by atoms with van der Waals surface area (Å²) in [4.78, 5) is 10.4. The van der Waals surface area contributed by atoms with E-state index in [9.17, 15) is 0 Å². The number of furan rings is 2. The fraction of sp³-hybridized carbons (Fsp3) is 0. The maximum atomic E-state index is 7.03. The molecule has 0 unspecified atom stereocenters. The van der Waals surface area contributed by atoms with Crippen LogP contribution in [0.1, 0.15) is 11.1 Å². The van der Waals surface area contributed by atoms with Gasteiger partial charge in [0.2, 0.25) is 5.96 Å². The van der Waals surface area contributed by atoms with Crippen molar-refractivity contribution in [2.75, 3.05) is 0 Å². The highest BCUT2D eigenvalue weighted by Gasteiger charge is 2.19. The first-order valence-corrected chi connectivity index (χ1v) is 16.5. The third-order valence-corrected chi connectivity index (χ3v) is 9.63. The molecule has 0 amide bonds. The van der Waals surface area contributed by atoms with Gasteiger partial charge in [-0.15, -0.1) is 0 Å². The average Bonchev–Trinajstić information content (AvgIpc) is 3.84. The summed E-state index contributed by atoms with van der Waals surface area (Å²) >= 11 is 0. The van der Waals surface area contributed by atoms with E-state index in [4.69, 9.17) is 24.6 Å². The number of aromatic nitrogens is 1. The van der Waals surface area contributed by atoms with Gasteiger partial charge in [0.05, 0.1) is 16.7 Å². The number of para-hydroxylation sites is 4. The molecule has 236 valence electrons. The molecular weight excluding hydrogens is 617 g/mol. The Labute approximate surface area is 285 Å². The molecule has 10 aromatic rings. The summed E-state index contributed by atoms with van der Waals surface area (Å²) in [5, 5.41) is 8.19. The standard InChI is InChI=1S/C44H28N4O2/c1-26(27-16-11-23-40-41(27)35-15-5-9-22-39(35)49-40)46-43(47-44(45)48-36-19-6-2-12-29(36)30-13-3-7-20-37(30)48)34-18-10-17-32-28(34)24-25-33-31-14-4-8-21-38(31)50-42(32)33/h2-25H,1H2,(H2,45,46,47). The van der Waals surface area contributed by atoms with Gasteiger partial charge >= 0.3 is 0 Å². The minimum Gasteiger partial charge on any atom is -0.456 e. The highest BCUT2D eigenvalue weighted by molar-refractivity contribution is 6.23. The number of nitrogens with zero attached hydrogens (tertiary/aromatic N) is 3. The largest absolute Gasteiger partial charge is 0.456 e. The van der Waals surface area contributed by atoms with Gasteiger partial charge in [0, 0.05) is 48.8 Å². The summed E-state index contributed by atoms with van der Waals surface area (Å²) < 4.78 is 14.6. The molecule has 3 aromatic heterocycles. The Morgan fingerprint density at radius 2 is 1.02 bits per heavy atom. The number of hydrogen-bond acceptors (Lipinski definition) is 3. The minimum atomic E-state index is 0.294. The number of amidine groups is 1. The first-order chi connectivity index (χ1) is 24.6.